The van der Waals surface area contributed by atoms with Crippen molar-refractivity contribution >= 4 is 5.78 Å². The second kappa shape index (κ2) is 4.21. The van der Waals surface area contributed by atoms with Crippen LogP contribution in [-0.2, 0) is 0 Å². The molecule has 2 atom stereocenters. The minimum atomic E-state index is 0.301. The van der Waals surface area contributed by atoms with Crippen molar-refractivity contribution in [3.8, 4) is 0 Å². The minimum absolute atomic E-state index is 0.301. The largest absolute Gasteiger partial charge is 0.294 e. The van der Waals surface area contributed by atoms with Crippen LogP contribution in [-0.4, -0.2) is 5.78 Å². The van der Waals surface area contributed by atoms with Gasteiger partial charge in [0, 0.05) is 12.0 Å². The summed E-state index contributed by atoms with van der Waals surface area (Å²) in [6.07, 6.45) is 8.84. The molecule has 0 spiro atoms. The maximum absolute atomic E-state index is 12.7. The summed E-state index contributed by atoms with van der Waals surface area (Å²) < 4.78 is 0. The zero-order chi connectivity index (χ0) is 14.7. The molecule has 1 heteroatoms. The van der Waals surface area contributed by atoms with Crippen molar-refractivity contribution in [2.75, 3.05) is 0 Å². The molecular weight excluding hydrogens is 256 g/mol. The van der Waals surface area contributed by atoms with E-state index in [1.807, 2.05) is 30.3 Å². The van der Waals surface area contributed by atoms with Gasteiger partial charge in [0.2, 0.25) is 0 Å². The Hall–Kier alpha value is -1.11. The van der Waals surface area contributed by atoms with Crippen molar-refractivity contribution in [2.24, 2.45) is 22.2 Å². The predicted octanol–water partition coefficient (Wildman–Crippen LogP) is 5.26. The second-order valence-corrected chi connectivity index (χ2v) is 9.10. The van der Waals surface area contributed by atoms with Gasteiger partial charge in [-0.05, 0) is 60.7 Å². The summed E-state index contributed by atoms with van der Waals surface area (Å²) in [5.74, 6) is 1.24. The lowest BCUT2D eigenvalue weighted by Gasteiger charge is -2.65. The van der Waals surface area contributed by atoms with Gasteiger partial charge in [-0.25, -0.2) is 0 Å². The van der Waals surface area contributed by atoms with Crippen molar-refractivity contribution in [1.29, 1.82) is 0 Å². The molecule has 4 aliphatic rings. The second-order valence-electron chi connectivity index (χ2n) is 9.10. The highest BCUT2D eigenvalue weighted by Crippen LogP contribution is 2.70. The zero-order valence-electron chi connectivity index (χ0n) is 13.3. The molecule has 1 aromatic carbocycles. The highest BCUT2D eigenvalue weighted by molar-refractivity contribution is 5.96. The van der Waals surface area contributed by atoms with Crippen LogP contribution in [0.4, 0.5) is 0 Å². The molecule has 21 heavy (non-hydrogen) atoms. The van der Waals surface area contributed by atoms with Crippen LogP contribution in [0.5, 0.6) is 0 Å². The van der Waals surface area contributed by atoms with Crippen LogP contribution >= 0.6 is 0 Å². The topological polar surface area (TPSA) is 17.1 Å². The number of ketones is 1. The average Bonchev–Trinajstić information content (AvgIpc) is 2.34. The van der Waals surface area contributed by atoms with E-state index >= 15 is 0 Å². The van der Waals surface area contributed by atoms with Crippen molar-refractivity contribution in [3.05, 3.63) is 35.9 Å². The summed E-state index contributed by atoms with van der Waals surface area (Å²) >= 11 is 0. The molecule has 5 rings (SSSR count). The monoisotopic (exact) mass is 282 g/mol. The highest BCUT2D eigenvalue weighted by atomic mass is 16.1. The lowest BCUT2D eigenvalue weighted by atomic mass is 9.39. The first-order valence-corrected chi connectivity index (χ1v) is 8.48. The number of rotatable bonds is 3. The van der Waals surface area contributed by atoms with Gasteiger partial charge in [0.25, 0.3) is 0 Å². The normalized spacial score (nSPS) is 44.0. The van der Waals surface area contributed by atoms with E-state index in [0.717, 1.165) is 17.9 Å². The summed E-state index contributed by atoms with van der Waals surface area (Å²) in [4.78, 5) is 12.7. The van der Waals surface area contributed by atoms with Gasteiger partial charge in [0.15, 0.2) is 5.78 Å². The lowest BCUT2D eigenvalue weighted by Crippen LogP contribution is -2.55. The Morgan fingerprint density at radius 3 is 2.19 bits per heavy atom. The van der Waals surface area contributed by atoms with E-state index in [0.29, 0.717) is 22.0 Å². The van der Waals surface area contributed by atoms with Gasteiger partial charge >= 0.3 is 0 Å². The number of Topliss-reactive ketones (excluding diaryl/α,β-unsaturated/α-hetero) is 1. The third kappa shape index (κ3) is 2.25. The van der Waals surface area contributed by atoms with E-state index in [-0.39, 0.29) is 0 Å². The van der Waals surface area contributed by atoms with Gasteiger partial charge in [0.05, 0.1) is 0 Å². The van der Waals surface area contributed by atoms with Crippen molar-refractivity contribution in [2.45, 2.75) is 58.8 Å². The Labute approximate surface area is 128 Å². The Morgan fingerprint density at radius 2 is 1.62 bits per heavy atom. The summed E-state index contributed by atoms with van der Waals surface area (Å²) in [5.41, 5.74) is 2.22. The molecule has 0 heterocycles. The lowest BCUT2D eigenvalue weighted by molar-refractivity contribution is -0.143. The molecule has 4 saturated carbocycles. The van der Waals surface area contributed by atoms with E-state index < -0.39 is 0 Å². The average molecular weight is 282 g/mol. The van der Waals surface area contributed by atoms with Gasteiger partial charge < -0.3 is 0 Å². The molecule has 2 unspecified atom stereocenters. The summed E-state index contributed by atoms with van der Waals surface area (Å²) in [6, 6.07) is 9.91. The van der Waals surface area contributed by atoms with Gasteiger partial charge in [-0.1, -0.05) is 44.2 Å². The molecule has 4 aliphatic carbocycles. The molecule has 4 fully saturated rings. The number of hydrogen-bond donors (Lipinski definition) is 0. The standard InChI is InChI=1S/C20H26O/c1-18-8-15-9-19(2,12-18)14-20(10-15,13-18)11-17(21)16-6-4-3-5-7-16/h3-7,15H,8-14H2,1-2H3. The first-order valence-electron chi connectivity index (χ1n) is 8.48. The van der Waals surface area contributed by atoms with Crippen molar-refractivity contribution < 1.29 is 4.79 Å². The fourth-order valence-electron chi connectivity index (χ4n) is 6.95. The minimum Gasteiger partial charge on any atom is -0.294 e. The fourth-order valence-corrected chi connectivity index (χ4v) is 6.95. The first kappa shape index (κ1) is 13.5. The van der Waals surface area contributed by atoms with Gasteiger partial charge in [-0.3, -0.25) is 4.79 Å². The molecule has 0 radical (unpaired) electrons. The van der Waals surface area contributed by atoms with E-state index in [1.54, 1.807) is 0 Å². The number of carbonyl (C=O) groups is 1. The van der Waals surface area contributed by atoms with Crippen LogP contribution in [0.1, 0.15) is 69.2 Å². The fraction of sp³-hybridized carbons (Fsp3) is 0.650. The van der Waals surface area contributed by atoms with Crippen LogP contribution < -0.4 is 0 Å². The Morgan fingerprint density at radius 1 is 1.00 bits per heavy atom. The summed E-state index contributed by atoms with van der Waals surface area (Å²) in [5, 5.41) is 0. The van der Waals surface area contributed by atoms with Crippen LogP contribution in [0.2, 0.25) is 0 Å². The molecule has 1 aromatic rings. The van der Waals surface area contributed by atoms with Crippen molar-refractivity contribution in [3.63, 3.8) is 0 Å². The highest BCUT2D eigenvalue weighted by Gasteiger charge is 2.60. The summed E-state index contributed by atoms with van der Waals surface area (Å²) in [6.45, 7) is 4.97. The van der Waals surface area contributed by atoms with E-state index in [1.165, 1.54) is 38.5 Å². The molecule has 112 valence electrons. The van der Waals surface area contributed by atoms with E-state index in [2.05, 4.69) is 13.8 Å². The van der Waals surface area contributed by atoms with Gasteiger partial charge in [-0.2, -0.15) is 0 Å². The van der Waals surface area contributed by atoms with Crippen LogP contribution in [0, 0.1) is 22.2 Å². The van der Waals surface area contributed by atoms with E-state index in [4.69, 9.17) is 0 Å². The molecule has 0 saturated heterocycles. The Balaban J connectivity index is 1.61. The zero-order valence-corrected chi connectivity index (χ0v) is 13.3. The molecular formula is C20H26O. The summed E-state index contributed by atoms with van der Waals surface area (Å²) in [7, 11) is 0. The third-order valence-corrected chi connectivity index (χ3v) is 6.37. The molecule has 0 aromatic heterocycles. The number of hydrogen-bond acceptors (Lipinski definition) is 1. The van der Waals surface area contributed by atoms with Crippen LogP contribution in [0.15, 0.2) is 30.3 Å². The van der Waals surface area contributed by atoms with Gasteiger partial charge in [-0.15, -0.1) is 0 Å². The molecule has 0 amide bonds. The third-order valence-electron chi connectivity index (χ3n) is 6.37. The molecule has 0 aliphatic heterocycles. The molecule has 0 N–H and O–H groups in total. The molecule has 4 bridgehead atoms. The van der Waals surface area contributed by atoms with Crippen molar-refractivity contribution in [1.82, 2.24) is 0 Å². The maximum Gasteiger partial charge on any atom is 0.163 e. The molecule has 1 nitrogen and oxygen atoms in total. The van der Waals surface area contributed by atoms with Crippen LogP contribution in [0.3, 0.4) is 0 Å². The number of carbonyl (C=O) groups excluding carboxylic acids is 1. The first-order chi connectivity index (χ1) is 9.90. The Bertz CT molecular complexity index is 555. The quantitative estimate of drug-likeness (QED) is 0.691. The number of benzene rings is 1. The van der Waals surface area contributed by atoms with Crippen LogP contribution in [0.25, 0.3) is 0 Å². The Kier molecular flexibility index (Phi) is 2.72. The van der Waals surface area contributed by atoms with Gasteiger partial charge in [0.1, 0.15) is 0 Å². The van der Waals surface area contributed by atoms with E-state index in [9.17, 15) is 4.79 Å². The maximum atomic E-state index is 12.7. The predicted molar refractivity (Wildman–Crippen MR) is 85.2 cm³/mol. The smallest absolute Gasteiger partial charge is 0.163 e. The SMILES string of the molecule is CC12CC3CC(C)(C1)CC(CC(=O)c1ccccc1)(C3)C2.